The highest BCUT2D eigenvalue weighted by molar-refractivity contribution is 5.70. The largest absolute Gasteiger partial charge is 0.482 e. The van der Waals surface area contributed by atoms with Crippen LogP contribution in [0.3, 0.4) is 0 Å². The van der Waals surface area contributed by atoms with E-state index in [9.17, 15) is 9.90 Å². The van der Waals surface area contributed by atoms with Crippen LogP contribution >= 0.6 is 0 Å². The highest BCUT2D eigenvalue weighted by Crippen LogP contribution is 2.25. The maximum Gasteiger partial charge on any atom is 0.343 e. The van der Waals surface area contributed by atoms with Crippen LogP contribution in [-0.2, 0) is 9.53 Å². The smallest absolute Gasteiger partial charge is 0.343 e. The molecule has 0 saturated carbocycles. The van der Waals surface area contributed by atoms with Crippen molar-refractivity contribution in [2.24, 2.45) is 0 Å². The van der Waals surface area contributed by atoms with Gasteiger partial charge in [0.15, 0.2) is 6.61 Å². The van der Waals surface area contributed by atoms with Gasteiger partial charge in [0.2, 0.25) is 0 Å². The fourth-order valence-electron chi connectivity index (χ4n) is 1.59. The monoisotopic (exact) mass is 262 g/mol. The van der Waals surface area contributed by atoms with Gasteiger partial charge in [0, 0.05) is 0 Å². The number of methoxy groups -OCH3 is 1. The van der Waals surface area contributed by atoms with Crippen molar-refractivity contribution in [2.75, 3.05) is 13.7 Å². The molecule has 1 aromatic heterocycles. The highest BCUT2D eigenvalue weighted by atomic mass is 16.6. The lowest BCUT2D eigenvalue weighted by molar-refractivity contribution is -0.142. The molecule has 0 amide bonds. The van der Waals surface area contributed by atoms with E-state index in [1.54, 1.807) is 36.4 Å². The number of ether oxygens (including phenoxy) is 2. The Hall–Kier alpha value is -2.27. The summed E-state index contributed by atoms with van der Waals surface area (Å²) < 4.78 is 14.9. The van der Waals surface area contributed by atoms with E-state index in [1.807, 2.05) is 0 Å². The summed E-state index contributed by atoms with van der Waals surface area (Å²) >= 11 is 0. The molecule has 0 saturated heterocycles. The van der Waals surface area contributed by atoms with Gasteiger partial charge in [-0.25, -0.2) is 4.79 Å². The van der Waals surface area contributed by atoms with Crippen molar-refractivity contribution in [3.63, 3.8) is 0 Å². The Morgan fingerprint density at radius 2 is 2.21 bits per heavy atom. The number of esters is 1. The number of hydrogen-bond donors (Lipinski definition) is 1. The molecule has 0 aliphatic rings. The fraction of sp³-hybridized carbons (Fsp3) is 0.214. The Morgan fingerprint density at radius 3 is 2.89 bits per heavy atom. The first kappa shape index (κ1) is 13.2. The zero-order valence-corrected chi connectivity index (χ0v) is 10.4. The van der Waals surface area contributed by atoms with Crippen LogP contribution < -0.4 is 4.74 Å². The third-order valence-corrected chi connectivity index (χ3v) is 2.57. The number of aliphatic hydroxyl groups is 1. The van der Waals surface area contributed by atoms with Gasteiger partial charge < -0.3 is 19.0 Å². The van der Waals surface area contributed by atoms with Crippen LogP contribution in [0.4, 0.5) is 0 Å². The summed E-state index contributed by atoms with van der Waals surface area (Å²) in [6.45, 7) is -0.170. The van der Waals surface area contributed by atoms with E-state index in [0.717, 1.165) is 0 Å². The minimum Gasteiger partial charge on any atom is -0.482 e. The van der Waals surface area contributed by atoms with Gasteiger partial charge in [0.05, 0.1) is 13.4 Å². The second-order valence-corrected chi connectivity index (χ2v) is 3.86. The summed E-state index contributed by atoms with van der Waals surface area (Å²) in [5, 5.41) is 10.1. The van der Waals surface area contributed by atoms with E-state index in [-0.39, 0.29) is 6.61 Å². The maximum absolute atomic E-state index is 11.0. The van der Waals surface area contributed by atoms with Crippen LogP contribution in [0.1, 0.15) is 17.4 Å². The molecule has 0 aliphatic carbocycles. The average molecular weight is 262 g/mol. The van der Waals surface area contributed by atoms with Crippen LogP contribution in [0.25, 0.3) is 0 Å². The molecule has 5 nitrogen and oxygen atoms in total. The van der Waals surface area contributed by atoms with Gasteiger partial charge in [-0.05, 0) is 29.8 Å². The maximum atomic E-state index is 11.0. The van der Waals surface area contributed by atoms with Gasteiger partial charge >= 0.3 is 5.97 Å². The average Bonchev–Trinajstić information content (AvgIpc) is 2.98. The van der Waals surface area contributed by atoms with E-state index in [1.165, 1.54) is 13.4 Å². The molecule has 0 radical (unpaired) electrons. The number of benzene rings is 1. The van der Waals surface area contributed by atoms with Crippen LogP contribution in [0, 0.1) is 0 Å². The number of carbonyl (C=O) groups excluding carboxylic acids is 1. The summed E-state index contributed by atoms with van der Waals surface area (Å²) in [5.41, 5.74) is 0.623. The lowest BCUT2D eigenvalue weighted by Gasteiger charge is -2.10. The van der Waals surface area contributed by atoms with E-state index in [0.29, 0.717) is 17.1 Å². The lowest BCUT2D eigenvalue weighted by Crippen LogP contribution is -2.12. The van der Waals surface area contributed by atoms with Crippen LogP contribution in [0.2, 0.25) is 0 Å². The first-order valence-corrected chi connectivity index (χ1v) is 5.71. The van der Waals surface area contributed by atoms with Gasteiger partial charge in [-0.15, -0.1) is 0 Å². The predicted molar refractivity (Wildman–Crippen MR) is 66.7 cm³/mol. The van der Waals surface area contributed by atoms with Crippen molar-refractivity contribution < 1.29 is 23.8 Å². The number of carbonyl (C=O) groups is 1. The quantitative estimate of drug-likeness (QED) is 0.833. The van der Waals surface area contributed by atoms with Crippen molar-refractivity contribution >= 4 is 5.97 Å². The van der Waals surface area contributed by atoms with Gasteiger partial charge in [-0.2, -0.15) is 0 Å². The molecule has 1 heterocycles. The molecule has 0 aliphatic heterocycles. The Labute approximate surface area is 110 Å². The molecule has 2 aromatic rings. The van der Waals surface area contributed by atoms with Crippen molar-refractivity contribution in [3.8, 4) is 5.75 Å². The molecule has 2 rings (SSSR count). The van der Waals surface area contributed by atoms with Gasteiger partial charge in [-0.3, -0.25) is 0 Å². The molecular formula is C14H14O5. The first-order chi connectivity index (χ1) is 9.20. The molecule has 100 valence electrons. The van der Waals surface area contributed by atoms with Gasteiger partial charge in [-0.1, -0.05) is 12.1 Å². The molecule has 0 fully saturated rings. The Kier molecular flexibility index (Phi) is 4.20. The summed E-state index contributed by atoms with van der Waals surface area (Å²) in [7, 11) is 1.29. The zero-order chi connectivity index (χ0) is 13.7. The normalized spacial score (nSPS) is 11.9. The van der Waals surface area contributed by atoms with E-state index in [2.05, 4.69) is 4.74 Å². The topological polar surface area (TPSA) is 68.9 Å². The molecule has 1 atom stereocenters. The molecule has 0 spiro atoms. The van der Waals surface area contributed by atoms with Gasteiger partial charge in [0.1, 0.15) is 17.6 Å². The van der Waals surface area contributed by atoms with Crippen molar-refractivity contribution in [3.05, 3.63) is 54.0 Å². The summed E-state index contributed by atoms with van der Waals surface area (Å²) in [6.07, 6.45) is 0.632. The Balaban J connectivity index is 2.08. The molecule has 5 heteroatoms. The summed E-state index contributed by atoms with van der Waals surface area (Å²) in [5.74, 6) is 0.468. The molecule has 1 N–H and O–H groups in total. The molecule has 0 bridgehead atoms. The van der Waals surface area contributed by atoms with Crippen LogP contribution in [0.5, 0.6) is 5.75 Å². The zero-order valence-electron chi connectivity index (χ0n) is 10.4. The standard InChI is InChI=1S/C14H14O5/c1-17-13(15)9-19-11-5-2-4-10(8-11)14(16)12-6-3-7-18-12/h2-8,14,16H,9H2,1H3. The van der Waals surface area contributed by atoms with E-state index in [4.69, 9.17) is 9.15 Å². The van der Waals surface area contributed by atoms with Crippen LogP contribution in [-0.4, -0.2) is 24.8 Å². The lowest BCUT2D eigenvalue weighted by atomic mass is 10.1. The fourth-order valence-corrected chi connectivity index (χ4v) is 1.59. The van der Waals surface area contributed by atoms with Gasteiger partial charge in [0.25, 0.3) is 0 Å². The SMILES string of the molecule is COC(=O)COc1cccc(C(O)c2ccco2)c1. The Morgan fingerprint density at radius 1 is 1.37 bits per heavy atom. The first-order valence-electron chi connectivity index (χ1n) is 5.71. The van der Waals surface area contributed by atoms with E-state index >= 15 is 0 Å². The van der Waals surface area contributed by atoms with Crippen LogP contribution in [0.15, 0.2) is 47.1 Å². The van der Waals surface area contributed by atoms with E-state index < -0.39 is 12.1 Å². The second-order valence-electron chi connectivity index (χ2n) is 3.86. The third kappa shape index (κ3) is 3.35. The molecule has 1 unspecified atom stereocenters. The highest BCUT2D eigenvalue weighted by Gasteiger charge is 2.13. The Bertz CT molecular complexity index is 533. The predicted octanol–water partition coefficient (Wildman–Crippen LogP) is 1.91. The number of aliphatic hydroxyl groups excluding tert-OH is 1. The molecule has 19 heavy (non-hydrogen) atoms. The molecular weight excluding hydrogens is 248 g/mol. The third-order valence-electron chi connectivity index (χ3n) is 2.57. The summed E-state index contributed by atoms with van der Waals surface area (Å²) in [4.78, 5) is 11.0. The second kappa shape index (κ2) is 6.06. The number of hydrogen-bond acceptors (Lipinski definition) is 5. The molecule has 1 aromatic carbocycles. The minimum absolute atomic E-state index is 0.170. The summed E-state index contributed by atoms with van der Waals surface area (Å²) in [6, 6.07) is 10.2. The van der Waals surface area contributed by atoms with Crippen molar-refractivity contribution in [1.82, 2.24) is 0 Å². The minimum atomic E-state index is -0.864. The number of rotatable bonds is 5. The van der Waals surface area contributed by atoms with Crippen molar-refractivity contribution in [2.45, 2.75) is 6.10 Å². The number of furan rings is 1. The van der Waals surface area contributed by atoms with Crippen molar-refractivity contribution in [1.29, 1.82) is 0 Å².